The number of carbonyl (C=O) groups excluding carboxylic acids is 1. The lowest BCUT2D eigenvalue weighted by Gasteiger charge is -2.41. The Morgan fingerprint density at radius 1 is 1.10 bits per heavy atom. The van der Waals surface area contributed by atoms with Crippen molar-refractivity contribution in [3.05, 3.63) is 71.3 Å². The predicted molar refractivity (Wildman–Crippen MR) is 73.7 cm³/mol. The van der Waals surface area contributed by atoms with E-state index in [9.17, 15) is 9.90 Å². The molecular weight excluding hydrogens is 254 g/mol. The molecule has 2 aromatic rings. The van der Waals surface area contributed by atoms with Crippen LogP contribution >= 0.6 is 0 Å². The third-order valence-corrected chi connectivity index (χ3v) is 3.62. The van der Waals surface area contributed by atoms with Crippen molar-refractivity contribution >= 4 is 5.91 Å². The maximum atomic E-state index is 12.5. The van der Waals surface area contributed by atoms with E-state index in [4.69, 9.17) is 4.84 Å². The van der Waals surface area contributed by atoms with Gasteiger partial charge in [-0.15, -0.1) is 0 Å². The number of hydroxylamine groups is 2. The second kappa shape index (κ2) is 4.74. The Morgan fingerprint density at radius 3 is 2.45 bits per heavy atom. The lowest BCUT2D eigenvalue weighted by atomic mass is 9.88. The second-order valence-electron chi connectivity index (χ2n) is 4.80. The van der Waals surface area contributed by atoms with Crippen molar-refractivity contribution in [2.75, 3.05) is 7.11 Å². The molecule has 1 aliphatic rings. The van der Waals surface area contributed by atoms with Crippen LogP contribution in [0.2, 0.25) is 0 Å². The Morgan fingerprint density at radius 2 is 1.75 bits per heavy atom. The summed E-state index contributed by atoms with van der Waals surface area (Å²) in [4.78, 5) is 17.6. The van der Waals surface area contributed by atoms with Crippen LogP contribution in [0.15, 0.2) is 54.6 Å². The molecule has 0 saturated heterocycles. The van der Waals surface area contributed by atoms with Gasteiger partial charge in [0, 0.05) is 17.5 Å². The van der Waals surface area contributed by atoms with E-state index in [1.807, 2.05) is 30.3 Å². The number of hydrogen-bond donors (Lipinski definition) is 1. The molecule has 0 saturated carbocycles. The summed E-state index contributed by atoms with van der Waals surface area (Å²) in [6, 6.07) is 16.3. The van der Waals surface area contributed by atoms with Gasteiger partial charge in [0.1, 0.15) is 0 Å². The first-order valence-corrected chi connectivity index (χ1v) is 6.41. The molecule has 0 radical (unpaired) electrons. The molecule has 0 aliphatic carbocycles. The Hall–Kier alpha value is -2.17. The highest BCUT2D eigenvalue weighted by Crippen LogP contribution is 2.36. The van der Waals surface area contributed by atoms with Crippen molar-refractivity contribution in [3.8, 4) is 0 Å². The van der Waals surface area contributed by atoms with E-state index in [2.05, 4.69) is 0 Å². The number of carbonyl (C=O) groups is 1. The van der Waals surface area contributed by atoms with E-state index in [-0.39, 0.29) is 5.91 Å². The Labute approximate surface area is 117 Å². The molecule has 1 heterocycles. The largest absolute Gasteiger partial charge is 0.365 e. The molecule has 102 valence electrons. The second-order valence-corrected chi connectivity index (χ2v) is 4.80. The van der Waals surface area contributed by atoms with E-state index in [0.29, 0.717) is 17.5 Å². The fraction of sp³-hybridized carbons (Fsp3) is 0.188. The van der Waals surface area contributed by atoms with Crippen LogP contribution in [0.4, 0.5) is 0 Å². The summed E-state index contributed by atoms with van der Waals surface area (Å²) < 4.78 is 0. The topological polar surface area (TPSA) is 49.8 Å². The van der Waals surface area contributed by atoms with Gasteiger partial charge in [0.2, 0.25) is 0 Å². The average molecular weight is 269 g/mol. The first kappa shape index (κ1) is 12.8. The smallest absolute Gasteiger partial charge is 0.280 e. The number of aliphatic hydroxyl groups is 1. The molecule has 1 atom stereocenters. The highest BCUT2D eigenvalue weighted by Gasteiger charge is 2.45. The molecule has 3 rings (SSSR count). The van der Waals surface area contributed by atoms with Gasteiger partial charge in [-0.1, -0.05) is 48.5 Å². The van der Waals surface area contributed by atoms with Gasteiger partial charge < -0.3 is 5.11 Å². The summed E-state index contributed by atoms with van der Waals surface area (Å²) in [6.45, 7) is 0. The summed E-state index contributed by atoms with van der Waals surface area (Å²) in [5, 5.41) is 12.0. The molecule has 4 nitrogen and oxygen atoms in total. The van der Waals surface area contributed by atoms with Gasteiger partial charge in [-0.3, -0.25) is 9.63 Å². The minimum Gasteiger partial charge on any atom is -0.365 e. The summed E-state index contributed by atoms with van der Waals surface area (Å²) >= 11 is 0. The molecule has 0 bridgehead atoms. The van der Waals surface area contributed by atoms with Crippen LogP contribution < -0.4 is 0 Å². The summed E-state index contributed by atoms with van der Waals surface area (Å²) in [5.41, 5.74) is 0.526. The minimum absolute atomic E-state index is 0.298. The number of amides is 1. The molecule has 0 unspecified atom stereocenters. The van der Waals surface area contributed by atoms with Gasteiger partial charge in [0.05, 0.1) is 7.11 Å². The van der Waals surface area contributed by atoms with Gasteiger partial charge >= 0.3 is 0 Å². The molecule has 20 heavy (non-hydrogen) atoms. The summed E-state index contributed by atoms with van der Waals surface area (Å²) in [5.74, 6) is -0.333. The van der Waals surface area contributed by atoms with Gasteiger partial charge in [-0.2, -0.15) is 5.06 Å². The van der Waals surface area contributed by atoms with Crippen molar-refractivity contribution in [2.24, 2.45) is 0 Å². The van der Waals surface area contributed by atoms with E-state index in [0.717, 1.165) is 10.6 Å². The zero-order chi connectivity index (χ0) is 14.2. The van der Waals surface area contributed by atoms with Crippen molar-refractivity contribution in [1.29, 1.82) is 0 Å². The number of hydrogen-bond acceptors (Lipinski definition) is 3. The maximum Gasteiger partial charge on any atom is 0.280 e. The summed E-state index contributed by atoms with van der Waals surface area (Å²) in [7, 11) is 1.39. The van der Waals surface area contributed by atoms with Gasteiger partial charge in [0.15, 0.2) is 5.72 Å². The molecule has 0 aromatic heterocycles. The third-order valence-electron chi connectivity index (χ3n) is 3.62. The first-order chi connectivity index (χ1) is 9.66. The molecule has 1 amide bonds. The van der Waals surface area contributed by atoms with E-state index in [1.54, 1.807) is 24.3 Å². The Bertz CT molecular complexity index is 641. The lowest BCUT2D eigenvalue weighted by molar-refractivity contribution is -0.254. The molecular formula is C16H15NO3. The number of nitrogens with zero attached hydrogens (tertiary/aromatic N) is 1. The predicted octanol–water partition coefficient (Wildman–Crippen LogP) is 2.09. The zero-order valence-corrected chi connectivity index (χ0v) is 11.1. The van der Waals surface area contributed by atoms with Crippen LogP contribution in [0.5, 0.6) is 0 Å². The van der Waals surface area contributed by atoms with Crippen molar-refractivity contribution < 1.29 is 14.7 Å². The quantitative estimate of drug-likeness (QED) is 0.908. The van der Waals surface area contributed by atoms with Crippen molar-refractivity contribution in [2.45, 2.75) is 12.1 Å². The van der Waals surface area contributed by atoms with Crippen molar-refractivity contribution in [1.82, 2.24) is 5.06 Å². The van der Waals surface area contributed by atoms with Crippen LogP contribution in [0, 0.1) is 0 Å². The Balaban J connectivity index is 2.15. The normalized spacial score (nSPS) is 21.7. The van der Waals surface area contributed by atoms with Crippen LogP contribution in [0.25, 0.3) is 0 Å². The Kier molecular flexibility index (Phi) is 3.04. The highest BCUT2D eigenvalue weighted by atomic mass is 16.7. The molecule has 2 aromatic carbocycles. The van der Waals surface area contributed by atoms with Crippen LogP contribution in [-0.4, -0.2) is 23.2 Å². The van der Waals surface area contributed by atoms with Crippen LogP contribution in [0.3, 0.4) is 0 Å². The lowest BCUT2D eigenvalue weighted by Crippen LogP contribution is -2.53. The van der Waals surface area contributed by atoms with Gasteiger partial charge in [0.25, 0.3) is 5.91 Å². The molecule has 4 heteroatoms. The fourth-order valence-electron chi connectivity index (χ4n) is 2.66. The summed E-state index contributed by atoms with van der Waals surface area (Å²) in [6.07, 6.45) is 0.298. The number of fused-ring (bicyclic) bond motifs is 1. The van der Waals surface area contributed by atoms with Crippen molar-refractivity contribution in [3.63, 3.8) is 0 Å². The first-order valence-electron chi connectivity index (χ1n) is 6.41. The minimum atomic E-state index is -1.48. The van der Waals surface area contributed by atoms with Gasteiger partial charge in [-0.05, 0) is 11.6 Å². The van der Waals surface area contributed by atoms with Gasteiger partial charge in [-0.25, -0.2) is 0 Å². The van der Waals surface area contributed by atoms with Crippen LogP contribution in [-0.2, 0) is 17.0 Å². The SMILES string of the molecule is CON1C(=O)c2ccccc2C[C@]1(O)c1ccccc1. The number of rotatable bonds is 2. The van der Waals surface area contributed by atoms with E-state index in [1.165, 1.54) is 7.11 Å². The standard InChI is InChI=1S/C16H15NO3/c1-20-17-15(18)14-10-6-5-7-12(14)11-16(17,19)13-8-3-2-4-9-13/h2-10,19H,11H2,1H3/t16-/m0/s1. The number of benzene rings is 2. The average Bonchev–Trinajstić information content (AvgIpc) is 2.48. The molecule has 0 spiro atoms. The monoisotopic (exact) mass is 269 g/mol. The fourth-order valence-corrected chi connectivity index (χ4v) is 2.66. The van der Waals surface area contributed by atoms with E-state index >= 15 is 0 Å². The van der Waals surface area contributed by atoms with E-state index < -0.39 is 5.72 Å². The maximum absolute atomic E-state index is 12.5. The zero-order valence-electron chi connectivity index (χ0n) is 11.1. The third kappa shape index (κ3) is 1.81. The molecule has 1 aliphatic heterocycles. The molecule has 1 N–H and O–H groups in total. The van der Waals surface area contributed by atoms with Crippen LogP contribution in [0.1, 0.15) is 21.5 Å². The highest BCUT2D eigenvalue weighted by molar-refractivity contribution is 5.96. The molecule has 0 fully saturated rings.